The molecule has 0 saturated carbocycles. The summed E-state index contributed by atoms with van der Waals surface area (Å²) >= 11 is 0. The van der Waals surface area contributed by atoms with Gasteiger partial charge < -0.3 is 4.52 Å². The first-order valence-electron chi connectivity index (χ1n) is 5.36. The Morgan fingerprint density at radius 2 is 2.11 bits per heavy atom. The monoisotopic (exact) mass is 257 g/mol. The lowest BCUT2D eigenvalue weighted by Gasteiger charge is -2.08. The van der Waals surface area contributed by atoms with Crippen molar-refractivity contribution in [1.82, 2.24) is 15.1 Å². The molecule has 0 unspecified atom stereocenters. The van der Waals surface area contributed by atoms with Gasteiger partial charge in [-0.1, -0.05) is 12.1 Å². The van der Waals surface area contributed by atoms with Crippen LogP contribution in [-0.2, 0) is 12.6 Å². The molecule has 0 N–H and O–H groups in total. The van der Waals surface area contributed by atoms with Gasteiger partial charge in [0.2, 0.25) is 0 Å². The quantitative estimate of drug-likeness (QED) is 0.847. The fraction of sp³-hybridized carbons (Fsp3) is 0.364. The fourth-order valence-electron chi connectivity index (χ4n) is 1.50. The molecule has 0 fully saturated rings. The maximum Gasteiger partial charge on any atom is 0.417 e. The zero-order valence-electron chi connectivity index (χ0n) is 9.53. The van der Waals surface area contributed by atoms with Gasteiger partial charge in [-0.15, -0.1) is 0 Å². The highest BCUT2D eigenvalue weighted by molar-refractivity contribution is 5.57. The molecule has 2 aromatic rings. The van der Waals surface area contributed by atoms with Crippen LogP contribution >= 0.6 is 0 Å². The van der Waals surface area contributed by atoms with Crippen LogP contribution in [0.15, 0.2) is 23.0 Å². The Labute approximate surface area is 101 Å². The maximum absolute atomic E-state index is 12.8. The number of aromatic nitrogens is 3. The molecule has 0 aliphatic heterocycles. The van der Waals surface area contributed by atoms with Gasteiger partial charge in [0.05, 0.1) is 11.1 Å². The molecule has 2 heterocycles. The van der Waals surface area contributed by atoms with E-state index in [1.54, 1.807) is 0 Å². The first-order valence-corrected chi connectivity index (χ1v) is 5.36. The van der Waals surface area contributed by atoms with E-state index in [1.807, 2.05) is 6.92 Å². The Morgan fingerprint density at radius 3 is 2.78 bits per heavy atom. The molecule has 2 aromatic heterocycles. The number of hydrogen-bond acceptors (Lipinski definition) is 4. The zero-order chi connectivity index (χ0) is 13.2. The number of aryl methyl sites for hydroxylation is 1. The molecular weight excluding hydrogens is 247 g/mol. The van der Waals surface area contributed by atoms with Crippen LogP contribution in [0.4, 0.5) is 13.2 Å². The first-order chi connectivity index (χ1) is 8.52. The summed E-state index contributed by atoms with van der Waals surface area (Å²) in [4.78, 5) is 7.59. The highest BCUT2D eigenvalue weighted by Gasteiger charge is 2.35. The summed E-state index contributed by atoms with van der Waals surface area (Å²) in [7, 11) is 0. The minimum atomic E-state index is -4.47. The third-order valence-corrected chi connectivity index (χ3v) is 2.30. The normalized spacial score (nSPS) is 11.8. The Morgan fingerprint density at radius 1 is 1.33 bits per heavy atom. The van der Waals surface area contributed by atoms with Crippen LogP contribution in [0.3, 0.4) is 0 Å². The molecule has 0 bridgehead atoms. The largest absolute Gasteiger partial charge is 0.417 e. The first kappa shape index (κ1) is 12.5. The van der Waals surface area contributed by atoms with Gasteiger partial charge in [0.15, 0.2) is 5.82 Å². The summed E-state index contributed by atoms with van der Waals surface area (Å²) in [5.74, 6) is 0.239. The van der Waals surface area contributed by atoms with E-state index in [4.69, 9.17) is 4.52 Å². The third kappa shape index (κ3) is 2.49. The number of alkyl halides is 3. The second-order valence-electron chi connectivity index (χ2n) is 3.68. The van der Waals surface area contributed by atoms with Gasteiger partial charge in [0, 0.05) is 18.8 Å². The number of rotatable bonds is 3. The Hall–Kier alpha value is -1.92. The van der Waals surface area contributed by atoms with Gasteiger partial charge in [0.1, 0.15) is 0 Å². The van der Waals surface area contributed by atoms with Gasteiger partial charge in [-0.2, -0.15) is 18.2 Å². The Balaban J connectivity index is 2.43. The third-order valence-electron chi connectivity index (χ3n) is 2.30. The summed E-state index contributed by atoms with van der Waals surface area (Å²) in [6.45, 7) is 1.92. The van der Waals surface area contributed by atoms with Crippen molar-refractivity contribution in [2.45, 2.75) is 25.9 Å². The van der Waals surface area contributed by atoms with Gasteiger partial charge in [0.25, 0.3) is 5.89 Å². The van der Waals surface area contributed by atoms with Crippen molar-refractivity contribution < 1.29 is 17.7 Å². The summed E-state index contributed by atoms with van der Waals surface area (Å²) in [5, 5.41) is 3.62. The minimum Gasteiger partial charge on any atom is -0.334 e. The van der Waals surface area contributed by atoms with E-state index < -0.39 is 11.7 Å². The molecule has 7 heteroatoms. The number of hydrogen-bond donors (Lipinski definition) is 0. The van der Waals surface area contributed by atoms with E-state index in [-0.39, 0.29) is 11.5 Å². The minimum absolute atomic E-state index is 0.154. The Bertz CT molecular complexity index is 536. The average Bonchev–Trinajstić information content (AvgIpc) is 2.77. The van der Waals surface area contributed by atoms with Crippen molar-refractivity contribution in [3.63, 3.8) is 0 Å². The second kappa shape index (κ2) is 4.75. The molecule has 0 aliphatic rings. The molecule has 96 valence electrons. The van der Waals surface area contributed by atoms with Crippen LogP contribution in [0.25, 0.3) is 11.5 Å². The van der Waals surface area contributed by atoms with Crippen molar-refractivity contribution in [3.05, 3.63) is 29.8 Å². The van der Waals surface area contributed by atoms with E-state index in [2.05, 4.69) is 15.1 Å². The van der Waals surface area contributed by atoms with E-state index in [9.17, 15) is 13.2 Å². The SMILES string of the molecule is CCCc1noc(-c2cnccc2C(F)(F)F)n1. The van der Waals surface area contributed by atoms with Crippen molar-refractivity contribution in [2.24, 2.45) is 0 Å². The number of halogens is 3. The summed E-state index contributed by atoms with van der Waals surface area (Å²) < 4.78 is 43.2. The molecule has 18 heavy (non-hydrogen) atoms. The van der Waals surface area contributed by atoms with E-state index in [0.717, 1.165) is 24.9 Å². The van der Waals surface area contributed by atoms with E-state index >= 15 is 0 Å². The van der Waals surface area contributed by atoms with Crippen LogP contribution in [0, 0.1) is 0 Å². The van der Waals surface area contributed by atoms with Gasteiger partial charge in [-0.25, -0.2) is 0 Å². The Kier molecular flexibility index (Phi) is 3.31. The van der Waals surface area contributed by atoms with E-state index in [1.165, 1.54) is 0 Å². The summed E-state index contributed by atoms with van der Waals surface area (Å²) in [6, 6.07) is 0.888. The molecule has 0 amide bonds. The number of nitrogens with zero attached hydrogens (tertiary/aromatic N) is 3. The lowest BCUT2D eigenvalue weighted by molar-refractivity contribution is -0.137. The average molecular weight is 257 g/mol. The van der Waals surface area contributed by atoms with Crippen molar-refractivity contribution in [1.29, 1.82) is 0 Å². The van der Waals surface area contributed by atoms with E-state index in [0.29, 0.717) is 12.2 Å². The van der Waals surface area contributed by atoms with Crippen molar-refractivity contribution >= 4 is 0 Å². The molecule has 0 atom stereocenters. The van der Waals surface area contributed by atoms with Crippen LogP contribution < -0.4 is 0 Å². The predicted octanol–water partition coefficient (Wildman–Crippen LogP) is 3.10. The second-order valence-corrected chi connectivity index (χ2v) is 3.68. The van der Waals surface area contributed by atoms with Gasteiger partial charge in [-0.05, 0) is 12.5 Å². The molecule has 0 aromatic carbocycles. The lowest BCUT2D eigenvalue weighted by Crippen LogP contribution is -2.07. The molecule has 2 rings (SSSR count). The summed E-state index contributed by atoms with van der Waals surface area (Å²) in [5.41, 5.74) is -1.02. The zero-order valence-corrected chi connectivity index (χ0v) is 9.53. The van der Waals surface area contributed by atoms with Crippen molar-refractivity contribution in [3.8, 4) is 11.5 Å². The summed E-state index contributed by atoms with van der Waals surface area (Å²) in [6.07, 6.45) is -0.970. The van der Waals surface area contributed by atoms with Crippen LogP contribution in [-0.4, -0.2) is 15.1 Å². The maximum atomic E-state index is 12.8. The van der Waals surface area contributed by atoms with Gasteiger partial charge >= 0.3 is 6.18 Å². The van der Waals surface area contributed by atoms with Crippen LogP contribution in [0.2, 0.25) is 0 Å². The molecule has 0 radical (unpaired) electrons. The highest BCUT2D eigenvalue weighted by Crippen LogP contribution is 2.35. The topological polar surface area (TPSA) is 51.8 Å². The van der Waals surface area contributed by atoms with Crippen molar-refractivity contribution in [2.75, 3.05) is 0 Å². The highest BCUT2D eigenvalue weighted by atomic mass is 19.4. The predicted molar refractivity (Wildman–Crippen MR) is 56.5 cm³/mol. The lowest BCUT2D eigenvalue weighted by atomic mass is 10.1. The molecular formula is C11H10F3N3O. The standard InChI is InChI=1S/C11H10F3N3O/c1-2-3-9-16-10(18-17-9)7-6-15-5-4-8(7)11(12,13)14/h4-6H,2-3H2,1H3. The fourth-order valence-corrected chi connectivity index (χ4v) is 1.50. The van der Waals surface area contributed by atoms with Crippen LogP contribution in [0.5, 0.6) is 0 Å². The van der Waals surface area contributed by atoms with Gasteiger partial charge in [-0.3, -0.25) is 4.98 Å². The molecule has 0 aliphatic carbocycles. The molecule has 0 spiro atoms. The van der Waals surface area contributed by atoms with Crippen LogP contribution in [0.1, 0.15) is 24.7 Å². The smallest absolute Gasteiger partial charge is 0.334 e. The number of pyridine rings is 1. The molecule has 0 saturated heterocycles. The molecule has 4 nitrogen and oxygen atoms in total.